The van der Waals surface area contributed by atoms with Gasteiger partial charge in [-0.2, -0.15) is 0 Å². The molecule has 0 aliphatic carbocycles. The van der Waals surface area contributed by atoms with E-state index in [4.69, 9.17) is 4.74 Å². The predicted octanol–water partition coefficient (Wildman–Crippen LogP) is 2.50. The lowest BCUT2D eigenvalue weighted by atomic mass is 9.96. The number of ether oxygens (including phenoxy) is 1. The molecule has 2 rings (SSSR count). The van der Waals surface area contributed by atoms with Crippen LogP contribution in [0.2, 0.25) is 0 Å². The molecule has 1 atom stereocenters. The van der Waals surface area contributed by atoms with Crippen molar-refractivity contribution in [2.24, 2.45) is 0 Å². The number of aliphatic hydroxyl groups is 1. The van der Waals surface area contributed by atoms with Gasteiger partial charge in [-0.3, -0.25) is 4.79 Å². The van der Waals surface area contributed by atoms with Crippen molar-refractivity contribution in [3.8, 4) is 5.75 Å². The minimum atomic E-state index is -1.18. The van der Waals surface area contributed by atoms with Crippen LogP contribution in [0.5, 0.6) is 5.75 Å². The van der Waals surface area contributed by atoms with Crippen molar-refractivity contribution in [2.45, 2.75) is 46.1 Å². The first-order valence-corrected chi connectivity index (χ1v) is 8.14. The molecule has 1 heterocycles. The molecule has 130 valence electrons. The molecule has 0 aliphatic heterocycles. The molecule has 0 spiro atoms. The molecule has 2 aromatic rings. The minimum absolute atomic E-state index is 0.0610. The van der Waals surface area contributed by atoms with Crippen LogP contribution in [-0.2, 0) is 12.8 Å². The third-order valence-corrected chi connectivity index (χ3v) is 3.86. The van der Waals surface area contributed by atoms with E-state index in [0.29, 0.717) is 16.7 Å². The lowest BCUT2D eigenvalue weighted by Gasteiger charge is -2.17. The second kappa shape index (κ2) is 7.49. The Morgan fingerprint density at radius 1 is 1.33 bits per heavy atom. The average Bonchev–Trinajstić information content (AvgIpc) is 2.53. The summed E-state index contributed by atoms with van der Waals surface area (Å²) in [7, 11) is 0. The monoisotopic (exact) mass is 333 g/mol. The number of aromatic nitrogens is 1. The number of H-pyrrole nitrogens is 1. The van der Waals surface area contributed by atoms with Gasteiger partial charge in [0.1, 0.15) is 18.1 Å². The third-order valence-electron chi connectivity index (χ3n) is 3.86. The number of aromatic amines is 1. The van der Waals surface area contributed by atoms with Crippen molar-refractivity contribution >= 4 is 16.9 Å². The Morgan fingerprint density at radius 2 is 2.04 bits per heavy atom. The molecule has 0 bridgehead atoms. The van der Waals surface area contributed by atoms with Crippen LogP contribution in [0, 0.1) is 0 Å². The summed E-state index contributed by atoms with van der Waals surface area (Å²) >= 11 is 0. The minimum Gasteiger partial charge on any atom is -0.490 e. The number of nitrogens with one attached hydrogen (secondary N) is 1. The predicted molar refractivity (Wildman–Crippen MR) is 92.1 cm³/mol. The topological polar surface area (TPSA) is 99.6 Å². The second-order valence-corrected chi connectivity index (χ2v) is 5.88. The Balaban J connectivity index is 2.81. The highest BCUT2D eigenvalue weighted by Crippen LogP contribution is 2.30. The zero-order chi connectivity index (χ0) is 17.9. The molecule has 0 fully saturated rings. The standard InChI is InChI=1S/C18H23NO5/c1-4-6-12-11(5-2)7-15(24-9-10(3)20)16-14(21)8-13(18(22)23)19-17(12)16/h7-8,10,20H,4-6,9H2,1-3H3,(H,19,21)(H,22,23). The Kier molecular flexibility index (Phi) is 5.62. The molecule has 0 saturated heterocycles. The Morgan fingerprint density at radius 3 is 2.58 bits per heavy atom. The highest BCUT2D eigenvalue weighted by atomic mass is 16.5. The average molecular weight is 333 g/mol. The van der Waals surface area contributed by atoms with Crippen molar-refractivity contribution in [1.29, 1.82) is 0 Å². The van der Waals surface area contributed by atoms with Crippen LogP contribution in [0.4, 0.5) is 0 Å². The van der Waals surface area contributed by atoms with Gasteiger partial charge in [-0.25, -0.2) is 4.79 Å². The number of carboxylic acids is 1. The van der Waals surface area contributed by atoms with E-state index in [2.05, 4.69) is 4.98 Å². The van der Waals surface area contributed by atoms with Gasteiger partial charge in [0.25, 0.3) is 0 Å². The SMILES string of the molecule is CCCc1c(CC)cc(OCC(C)O)c2c(=O)cc(C(=O)O)[nH]c12. The summed E-state index contributed by atoms with van der Waals surface area (Å²) in [5, 5.41) is 19.0. The van der Waals surface area contributed by atoms with E-state index < -0.39 is 17.5 Å². The summed E-state index contributed by atoms with van der Waals surface area (Å²) in [6.07, 6.45) is 1.66. The number of aromatic carboxylic acids is 1. The number of aryl methyl sites for hydroxylation is 2. The van der Waals surface area contributed by atoms with Crippen LogP contribution < -0.4 is 10.2 Å². The molecule has 0 aliphatic rings. The summed E-state index contributed by atoms with van der Waals surface area (Å²) in [6.45, 7) is 5.69. The first-order chi connectivity index (χ1) is 11.4. The van der Waals surface area contributed by atoms with Crippen molar-refractivity contribution in [3.63, 3.8) is 0 Å². The van der Waals surface area contributed by atoms with Crippen LogP contribution in [-0.4, -0.2) is 33.9 Å². The number of rotatable bonds is 7. The fraction of sp³-hybridized carbons (Fsp3) is 0.444. The van der Waals surface area contributed by atoms with Crippen molar-refractivity contribution in [3.05, 3.63) is 39.2 Å². The van der Waals surface area contributed by atoms with E-state index in [1.807, 2.05) is 19.9 Å². The van der Waals surface area contributed by atoms with Crippen LogP contribution in [0.25, 0.3) is 10.9 Å². The van der Waals surface area contributed by atoms with Gasteiger partial charge in [0, 0.05) is 6.07 Å². The van der Waals surface area contributed by atoms with Crippen LogP contribution in [0.1, 0.15) is 48.8 Å². The molecule has 0 saturated carbocycles. The van der Waals surface area contributed by atoms with Gasteiger partial charge in [0.05, 0.1) is 17.0 Å². The van der Waals surface area contributed by atoms with Gasteiger partial charge in [0.15, 0.2) is 5.43 Å². The summed E-state index contributed by atoms with van der Waals surface area (Å²) in [5.41, 5.74) is 1.92. The number of hydrogen-bond acceptors (Lipinski definition) is 4. The number of hydrogen-bond donors (Lipinski definition) is 3. The summed E-state index contributed by atoms with van der Waals surface area (Å²) < 4.78 is 5.62. The molecule has 0 amide bonds. The van der Waals surface area contributed by atoms with Gasteiger partial charge < -0.3 is 19.9 Å². The van der Waals surface area contributed by atoms with Crippen molar-refractivity contribution < 1.29 is 19.7 Å². The molecule has 6 nitrogen and oxygen atoms in total. The molecule has 1 aromatic carbocycles. The Hall–Kier alpha value is -2.34. The maximum absolute atomic E-state index is 12.5. The number of pyridine rings is 1. The number of carboxylic acid groups (broad SMARTS) is 1. The molecule has 1 aromatic heterocycles. The van der Waals surface area contributed by atoms with Gasteiger partial charge >= 0.3 is 5.97 Å². The highest BCUT2D eigenvalue weighted by Gasteiger charge is 2.18. The first kappa shape index (κ1) is 18.0. The zero-order valence-electron chi connectivity index (χ0n) is 14.2. The second-order valence-electron chi connectivity index (χ2n) is 5.88. The molecule has 6 heteroatoms. The fourth-order valence-electron chi connectivity index (χ4n) is 2.80. The Labute approximate surface area is 140 Å². The fourth-order valence-corrected chi connectivity index (χ4v) is 2.80. The number of fused-ring (bicyclic) bond motifs is 1. The number of carbonyl (C=O) groups is 1. The van der Waals surface area contributed by atoms with Crippen LogP contribution in [0.15, 0.2) is 16.9 Å². The van der Waals surface area contributed by atoms with E-state index in [1.165, 1.54) is 0 Å². The molecule has 24 heavy (non-hydrogen) atoms. The molecular weight excluding hydrogens is 310 g/mol. The lowest BCUT2D eigenvalue weighted by Crippen LogP contribution is -2.17. The summed E-state index contributed by atoms with van der Waals surface area (Å²) in [6, 6.07) is 2.90. The highest BCUT2D eigenvalue weighted by molar-refractivity contribution is 5.94. The smallest absolute Gasteiger partial charge is 0.352 e. The van der Waals surface area contributed by atoms with Gasteiger partial charge in [-0.05, 0) is 37.0 Å². The molecule has 0 radical (unpaired) electrons. The summed E-state index contributed by atoms with van der Waals surface area (Å²) in [4.78, 5) is 26.7. The van der Waals surface area contributed by atoms with E-state index >= 15 is 0 Å². The Bertz CT molecular complexity index is 807. The number of aliphatic hydroxyl groups excluding tert-OH is 1. The van der Waals surface area contributed by atoms with Crippen molar-refractivity contribution in [2.75, 3.05) is 6.61 Å². The third kappa shape index (κ3) is 3.59. The van der Waals surface area contributed by atoms with E-state index in [9.17, 15) is 19.8 Å². The van der Waals surface area contributed by atoms with E-state index in [1.54, 1.807) is 6.92 Å². The van der Waals surface area contributed by atoms with Gasteiger partial charge in [0.2, 0.25) is 0 Å². The largest absolute Gasteiger partial charge is 0.490 e. The molecular formula is C18H23NO5. The van der Waals surface area contributed by atoms with E-state index in [0.717, 1.165) is 36.5 Å². The van der Waals surface area contributed by atoms with E-state index in [-0.39, 0.29) is 12.3 Å². The lowest BCUT2D eigenvalue weighted by molar-refractivity contribution is 0.0691. The van der Waals surface area contributed by atoms with Gasteiger partial charge in [-0.1, -0.05) is 20.3 Å². The van der Waals surface area contributed by atoms with Crippen LogP contribution in [0.3, 0.4) is 0 Å². The van der Waals surface area contributed by atoms with Crippen LogP contribution >= 0.6 is 0 Å². The first-order valence-electron chi connectivity index (χ1n) is 8.14. The maximum Gasteiger partial charge on any atom is 0.352 e. The number of benzene rings is 1. The van der Waals surface area contributed by atoms with Crippen molar-refractivity contribution in [1.82, 2.24) is 4.98 Å². The molecule has 3 N–H and O–H groups in total. The quantitative estimate of drug-likeness (QED) is 0.723. The summed E-state index contributed by atoms with van der Waals surface area (Å²) in [5.74, 6) is -0.800. The normalized spacial score (nSPS) is 12.3. The maximum atomic E-state index is 12.5. The zero-order valence-corrected chi connectivity index (χ0v) is 14.2. The molecule has 1 unspecified atom stereocenters. The van der Waals surface area contributed by atoms with Gasteiger partial charge in [-0.15, -0.1) is 0 Å².